The quantitative estimate of drug-likeness (QED) is 0.172. The molecule has 10 heteroatoms. The van der Waals surface area contributed by atoms with Crippen LogP contribution < -0.4 is 9.62 Å². The molecule has 1 saturated carbocycles. The molecule has 46 heavy (non-hydrogen) atoms. The van der Waals surface area contributed by atoms with Crippen LogP contribution in [0, 0.1) is 6.92 Å². The molecule has 0 radical (unpaired) electrons. The van der Waals surface area contributed by atoms with Gasteiger partial charge in [0, 0.05) is 29.1 Å². The van der Waals surface area contributed by atoms with E-state index in [0.717, 1.165) is 41.1 Å². The largest absolute Gasteiger partial charge is 0.352 e. The van der Waals surface area contributed by atoms with Gasteiger partial charge in [-0.05, 0) is 72.9 Å². The summed E-state index contributed by atoms with van der Waals surface area (Å²) in [4.78, 5) is 30.2. The minimum atomic E-state index is -4.21. The standard InChI is InChI=1S/C36H37Cl2N3O4S/c1-26-32(38)17-10-18-33(26)41(46(44,45)31-15-6-3-7-16-31)25-35(42)40(24-28-19-21-29(37)22-20-28)34(23-27-11-4-2-5-12-27)36(43)39-30-13-8-9-14-30/h2-7,10-12,15-22,30,34H,8-9,13-14,23-25H2,1H3,(H,39,43)/t34-/m1/s1. The molecule has 0 heterocycles. The van der Waals surface area contributed by atoms with Gasteiger partial charge in [0.15, 0.2) is 0 Å². The first kappa shape index (κ1) is 33.5. The fourth-order valence-electron chi connectivity index (χ4n) is 5.81. The summed E-state index contributed by atoms with van der Waals surface area (Å²) in [5.74, 6) is -0.800. The van der Waals surface area contributed by atoms with Crippen molar-refractivity contribution in [3.8, 4) is 0 Å². The number of hydrogen-bond donors (Lipinski definition) is 1. The first-order valence-electron chi connectivity index (χ1n) is 15.3. The maximum absolute atomic E-state index is 14.6. The van der Waals surface area contributed by atoms with Gasteiger partial charge in [0.05, 0.1) is 10.6 Å². The average Bonchev–Trinajstić information content (AvgIpc) is 3.57. The predicted molar refractivity (Wildman–Crippen MR) is 183 cm³/mol. The number of rotatable bonds is 12. The molecule has 1 atom stereocenters. The van der Waals surface area contributed by atoms with E-state index in [0.29, 0.717) is 15.6 Å². The third-order valence-electron chi connectivity index (χ3n) is 8.36. The summed E-state index contributed by atoms with van der Waals surface area (Å²) < 4.78 is 29.5. The second kappa shape index (κ2) is 15.2. The third kappa shape index (κ3) is 8.10. The van der Waals surface area contributed by atoms with Gasteiger partial charge in [0.25, 0.3) is 10.0 Å². The molecule has 1 fully saturated rings. The molecule has 0 aliphatic heterocycles. The lowest BCUT2D eigenvalue weighted by Crippen LogP contribution is -2.54. The van der Waals surface area contributed by atoms with Crippen LogP contribution in [0.15, 0.2) is 108 Å². The molecule has 0 saturated heterocycles. The maximum Gasteiger partial charge on any atom is 0.264 e. The van der Waals surface area contributed by atoms with Crippen LogP contribution in [0.3, 0.4) is 0 Å². The van der Waals surface area contributed by atoms with Crippen molar-refractivity contribution in [3.05, 3.63) is 130 Å². The van der Waals surface area contributed by atoms with Crippen molar-refractivity contribution in [1.82, 2.24) is 10.2 Å². The molecule has 0 aromatic heterocycles. The van der Waals surface area contributed by atoms with Crippen molar-refractivity contribution in [2.24, 2.45) is 0 Å². The molecule has 1 N–H and O–H groups in total. The summed E-state index contributed by atoms with van der Waals surface area (Å²) in [6.45, 7) is 1.24. The average molecular weight is 679 g/mol. The number of halogens is 2. The zero-order valence-electron chi connectivity index (χ0n) is 25.6. The number of benzene rings is 4. The molecule has 0 bridgehead atoms. The Bertz CT molecular complexity index is 1750. The summed E-state index contributed by atoms with van der Waals surface area (Å²) in [5, 5.41) is 4.09. The minimum absolute atomic E-state index is 0.0299. The van der Waals surface area contributed by atoms with Crippen molar-refractivity contribution in [2.45, 2.75) is 62.6 Å². The van der Waals surface area contributed by atoms with Gasteiger partial charge in [-0.1, -0.05) is 103 Å². The highest BCUT2D eigenvalue weighted by molar-refractivity contribution is 7.92. The minimum Gasteiger partial charge on any atom is -0.352 e. The van der Waals surface area contributed by atoms with Crippen molar-refractivity contribution >= 4 is 50.7 Å². The number of anilines is 1. The highest BCUT2D eigenvalue weighted by Crippen LogP contribution is 2.31. The lowest BCUT2D eigenvalue weighted by atomic mass is 10.0. The molecule has 5 rings (SSSR count). The van der Waals surface area contributed by atoms with Gasteiger partial charge < -0.3 is 10.2 Å². The van der Waals surface area contributed by atoms with E-state index in [2.05, 4.69) is 5.32 Å². The number of nitrogens with zero attached hydrogens (tertiary/aromatic N) is 2. The summed E-state index contributed by atoms with van der Waals surface area (Å²) in [6, 6.07) is 28.6. The normalized spacial score (nSPS) is 14.1. The maximum atomic E-state index is 14.6. The topological polar surface area (TPSA) is 86.8 Å². The summed E-state index contributed by atoms with van der Waals surface area (Å²) in [6.07, 6.45) is 4.08. The molecule has 1 aliphatic carbocycles. The van der Waals surface area contributed by atoms with Crippen LogP contribution in [-0.4, -0.2) is 43.8 Å². The molecule has 4 aromatic rings. The first-order valence-corrected chi connectivity index (χ1v) is 17.5. The fourth-order valence-corrected chi connectivity index (χ4v) is 7.60. The second-order valence-electron chi connectivity index (χ2n) is 11.6. The monoisotopic (exact) mass is 677 g/mol. The summed E-state index contributed by atoms with van der Waals surface area (Å²) in [7, 11) is -4.21. The number of sulfonamides is 1. The fraction of sp³-hybridized carbons (Fsp3) is 0.278. The van der Waals surface area contributed by atoms with Gasteiger partial charge in [-0.3, -0.25) is 13.9 Å². The number of hydrogen-bond acceptors (Lipinski definition) is 4. The summed E-state index contributed by atoms with van der Waals surface area (Å²) >= 11 is 12.6. The van der Waals surface area contributed by atoms with E-state index in [-0.39, 0.29) is 35.5 Å². The Kier molecular flexibility index (Phi) is 11.0. The molecular weight excluding hydrogens is 641 g/mol. The molecule has 1 aliphatic rings. The van der Waals surface area contributed by atoms with E-state index < -0.39 is 28.5 Å². The van der Waals surface area contributed by atoms with Crippen LogP contribution in [0.1, 0.15) is 42.4 Å². The Morgan fingerprint density at radius 1 is 0.826 bits per heavy atom. The molecule has 0 unspecified atom stereocenters. The van der Waals surface area contributed by atoms with Gasteiger partial charge in [0.2, 0.25) is 11.8 Å². The highest BCUT2D eigenvalue weighted by Gasteiger charge is 2.36. The number of carbonyl (C=O) groups is 2. The van der Waals surface area contributed by atoms with Crippen LogP contribution in [0.25, 0.3) is 0 Å². The van der Waals surface area contributed by atoms with Gasteiger partial charge in [-0.25, -0.2) is 8.42 Å². The smallest absolute Gasteiger partial charge is 0.264 e. The molecule has 0 spiro atoms. The van der Waals surface area contributed by atoms with Crippen molar-refractivity contribution in [1.29, 1.82) is 0 Å². The zero-order valence-corrected chi connectivity index (χ0v) is 27.9. The number of carbonyl (C=O) groups excluding carboxylic acids is 2. The molecule has 2 amide bonds. The van der Waals surface area contributed by atoms with Crippen molar-refractivity contribution in [3.63, 3.8) is 0 Å². The Labute approximate surface area is 281 Å². The Balaban J connectivity index is 1.58. The van der Waals surface area contributed by atoms with Crippen LogP contribution in [-0.2, 0) is 32.6 Å². The molecule has 7 nitrogen and oxygen atoms in total. The van der Waals surface area contributed by atoms with E-state index in [1.165, 1.54) is 17.0 Å². The van der Waals surface area contributed by atoms with Gasteiger partial charge in [0.1, 0.15) is 12.6 Å². The van der Waals surface area contributed by atoms with Crippen molar-refractivity contribution in [2.75, 3.05) is 10.8 Å². The van der Waals surface area contributed by atoms with Gasteiger partial charge >= 0.3 is 0 Å². The Hall–Kier alpha value is -3.85. The highest BCUT2D eigenvalue weighted by atomic mass is 35.5. The van der Waals surface area contributed by atoms with E-state index in [1.54, 1.807) is 67.6 Å². The zero-order chi connectivity index (χ0) is 32.7. The van der Waals surface area contributed by atoms with Gasteiger partial charge in [-0.15, -0.1) is 0 Å². The van der Waals surface area contributed by atoms with Crippen LogP contribution in [0.2, 0.25) is 10.0 Å². The lowest BCUT2D eigenvalue weighted by Gasteiger charge is -2.34. The summed E-state index contributed by atoms with van der Waals surface area (Å²) in [5.41, 5.74) is 2.43. The van der Waals surface area contributed by atoms with E-state index >= 15 is 0 Å². The van der Waals surface area contributed by atoms with Crippen LogP contribution in [0.5, 0.6) is 0 Å². The SMILES string of the molecule is Cc1c(Cl)cccc1N(CC(=O)N(Cc1ccc(Cl)cc1)[C@H](Cc1ccccc1)C(=O)NC1CCCC1)S(=O)(=O)c1ccccc1. The third-order valence-corrected chi connectivity index (χ3v) is 10.8. The van der Waals surface area contributed by atoms with E-state index in [4.69, 9.17) is 23.2 Å². The molecule has 4 aromatic carbocycles. The van der Waals surface area contributed by atoms with Gasteiger partial charge in [-0.2, -0.15) is 0 Å². The Morgan fingerprint density at radius 2 is 1.46 bits per heavy atom. The second-order valence-corrected chi connectivity index (χ2v) is 14.3. The van der Waals surface area contributed by atoms with Crippen molar-refractivity contribution < 1.29 is 18.0 Å². The lowest BCUT2D eigenvalue weighted by molar-refractivity contribution is -0.140. The number of amides is 2. The van der Waals surface area contributed by atoms with Crippen LogP contribution >= 0.6 is 23.2 Å². The molecule has 240 valence electrons. The predicted octanol–water partition coefficient (Wildman–Crippen LogP) is 7.20. The molecular formula is C36H37Cl2N3O4S. The number of nitrogens with one attached hydrogen (secondary N) is 1. The van der Waals surface area contributed by atoms with E-state index in [1.807, 2.05) is 30.3 Å². The first-order chi connectivity index (χ1) is 22.1. The van der Waals surface area contributed by atoms with E-state index in [9.17, 15) is 18.0 Å². The Morgan fingerprint density at radius 3 is 2.11 bits per heavy atom. The van der Waals surface area contributed by atoms with Crippen LogP contribution in [0.4, 0.5) is 5.69 Å².